The lowest BCUT2D eigenvalue weighted by Gasteiger charge is -2.45. The third kappa shape index (κ3) is 6.66. The van der Waals surface area contributed by atoms with Gasteiger partial charge in [-0.2, -0.15) is 0 Å². The Kier molecular flexibility index (Phi) is 9.21. The molecular formula is C26H33Cl2N5O5S. The average molecular weight is 599 g/mol. The van der Waals surface area contributed by atoms with E-state index in [0.29, 0.717) is 10.7 Å². The van der Waals surface area contributed by atoms with Crippen molar-refractivity contribution in [2.24, 2.45) is 0 Å². The molecule has 1 aromatic carbocycles. The fourth-order valence-corrected chi connectivity index (χ4v) is 5.44. The zero-order valence-corrected chi connectivity index (χ0v) is 25.3. The molecule has 1 saturated heterocycles. The molecule has 1 aromatic heterocycles. The van der Waals surface area contributed by atoms with E-state index >= 15 is 0 Å². The Morgan fingerprint density at radius 3 is 2.44 bits per heavy atom. The Balaban J connectivity index is 1.87. The zero-order chi connectivity index (χ0) is 29.3. The Labute approximate surface area is 242 Å². The van der Waals surface area contributed by atoms with Crippen molar-refractivity contribution < 1.29 is 24.0 Å². The first-order valence-electron chi connectivity index (χ1n) is 12.2. The maximum absolute atomic E-state index is 13.9. The molecule has 13 heteroatoms. The van der Waals surface area contributed by atoms with Crippen molar-refractivity contribution in [2.75, 3.05) is 44.4 Å². The zero-order valence-electron chi connectivity index (χ0n) is 23.0. The van der Waals surface area contributed by atoms with Gasteiger partial charge in [0.1, 0.15) is 17.1 Å². The minimum Gasteiger partial charge on any atom is -0.329 e. The summed E-state index contributed by atoms with van der Waals surface area (Å²) in [7, 11) is 2.83. The molecule has 3 rings (SSSR count). The van der Waals surface area contributed by atoms with E-state index in [-0.39, 0.29) is 52.5 Å². The molecule has 0 radical (unpaired) electrons. The highest BCUT2D eigenvalue weighted by Crippen LogP contribution is 2.38. The van der Waals surface area contributed by atoms with Crippen LogP contribution in [0.15, 0.2) is 24.3 Å². The molecule has 1 fully saturated rings. The second kappa shape index (κ2) is 11.7. The molecule has 0 atom stereocenters. The summed E-state index contributed by atoms with van der Waals surface area (Å²) in [6, 6.07) is 6.02. The molecule has 2 aromatic rings. The number of nitrogens with zero attached hydrogens (tertiary/aromatic N) is 3. The van der Waals surface area contributed by atoms with Crippen LogP contribution in [0.1, 0.15) is 49.9 Å². The van der Waals surface area contributed by atoms with Crippen LogP contribution >= 0.6 is 34.5 Å². The first-order chi connectivity index (χ1) is 18.1. The van der Waals surface area contributed by atoms with Crippen molar-refractivity contribution in [3.8, 4) is 0 Å². The smallest absolute Gasteiger partial charge is 0.324 e. The molecule has 0 bridgehead atoms. The van der Waals surface area contributed by atoms with E-state index in [1.54, 1.807) is 38.1 Å². The van der Waals surface area contributed by atoms with Crippen molar-refractivity contribution in [3.05, 3.63) is 44.8 Å². The Morgan fingerprint density at radius 1 is 1.15 bits per heavy atom. The molecule has 0 aliphatic carbocycles. The second-order valence-electron chi connectivity index (χ2n) is 10.6. The molecular weight excluding hydrogens is 565 g/mol. The van der Waals surface area contributed by atoms with E-state index in [1.165, 1.54) is 35.3 Å². The minimum atomic E-state index is -1.24. The van der Waals surface area contributed by atoms with E-state index in [1.807, 2.05) is 20.8 Å². The molecule has 2 N–H and O–H groups in total. The number of thiophene rings is 1. The molecule has 0 unspecified atom stereocenters. The van der Waals surface area contributed by atoms with Gasteiger partial charge in [-0.05, 0) is 37.5 Å². The number of urea groups is 1. The van der Waals surface area contributed by atoms with E-state index in [0.717, 1.165) is 9.94 Å². The quantitative estimate of drug-likeness (QED) is 0.451. The van der Waals surface area contributed by atoms with Crippen molar-refractivity contribution in [2.45, 2.75) is 45.6 Å². The van der Waals surface area contributed by atoms with Gasteiger partial charge in [-0.25, -0.2) is 9.86 Å². The lowest BCUT2D eigenvalue weighted by atomic mass is 9.93. The number of rotatable bonds is 6. The normalized spacial score (nSPS) is 15.3. The van der Waals surface area contributed by atoms with Gasteiger partial charge in [0.25, 0.3) is 11.8 Å². The molecule has 10 nitrogen and oxygen atoms in total. The van der Waals surface area contributed by atoms with Gasteiger partial charge in [-0.1, -0.05) is 50.0 Å². The van der Waals surface area contributed by atoms with Gasteiger partial charge in [-0.3, -0.25) is 24.5 Å². The number of piperazine rings is 1. The molecule has 2 heterocycles. The van der Waals surface area contributed by atoms with E-state index in [9.17, 15) is 19.2 Å². The summed E-state index contributed by atoms with van der Waals surface area (Å²) >= 11 is 13.5. The van der Waals surface area contributed by atoms with Crippen LogP contribution in [0.2, 0.25) is 10.0 Å². The minimum absolute atomic E-state index is 0.166. The van der Waals surface area contributed by atoms with Crippen LogP contribution in [0.3, 0.4) is 0 Å². The first kappa shape index (κ1) is 30.7. The third-order valence-electron chi connectivity index (χ3n) is 6.40. The third-order valence-corrected chi connectivity index (χ3v) is 8.70. The number of amides is 5. The number of hydrogen-bond acceptors (Lipinski definition) is 6. The van der Waals surface area contributed by atoms with Crippen LogP contribution in [0, 0.1) is 0 Å². The highest BCUT2D eigenvalue weighted by Gasteiger charge is 2.45. The van der Waals surface area contributed by atoms with Crippen molar-refractivity contribution in [1.29, 1.82) is 0 Å². The van der Waals surface area contributed by atoms with Gasteiger partial charge in [0.15, 0.2) is 0 Å². The van der Waals surface area contributed by atoms with Crippen LogP contribution in [0.4, 0.5) is 15.5 Å². The molecule has 1 aliphatic heterocycles. The molecule has 212 valence electrons. The van der Waals surface area contributed by atoms with E-state index in [4.69, 9.17) is 28.0 Å². The van der Waals surface area contributed by atoms with Gasteiger partial charge in [0, 0.05) is 25.0 Å². The average Bonchev–Trinajstić information content (AvgIpc) is 3.28. The van der Waals surface area contributed by atoms with E-state index in [2.05, 4.69) is 10.6 Å². The Morgan fingerprint density at radius 2 is 1.82 bits per heavy atom. The number of carbonyl (C=O) groups excluding carboxylic acids is 4. The molecule has 39 heavy (non-hydrogen) atoms. The Bertz CT molecular complexity index is 1290. The van der Waals surface area contributed by atoms with Crippen LogP contribution < -0.4 is 10.6 Å². The van der Waals surface area contributed by atoms with E-state index < -0.39 is 17.5 Å². The number of halogens is 2. The van der Waals surface area contributed by atoms with Crippen LogP contribution in [-0.4, -0.2) is 77.9 Å². The highest BCUT2D eigenvalue weighted by atomic mass is 35.5. The summed E-state index contributed by atoms with van der Waals surface area (Å²) in [5.41, 5.74) is -0.955. The maximum Gasteiger partial charge on any atom is 0.324 e. The number of hydrogen-bond donors (Lipinski definition) is 2. The summed E-state index contributed by atoms with van der Waals surface area (Å²) in [6.07, 6.45) is 0. The van der Waals surface area contributed by atoms with Gasteiger partial charge < -0.3 is 15.1 Å². The number of hydroxylamine groups is 2. The standard InChI is InChI=1S/C26H33Cl2N5O5S/c1-25(2,3)18-13-15(21(39-18)30-24(37)29-17-10-8-9-16(27)20(17)28)22(35)33-12-11-32(23(36)26(33,4)5)14-19(34)31(6)38-7/h8-10,13H,11-12,14H2,1-7H3,(H2,29,30,37). The van der Waals surface area contributed by atoms with Crippen LogP contribution in [-0.2, 0) is 19.8 Å². The topological polar surface area (TPSA) is 111 Å². The lowest BCUT2D eigenvalue weighted by Crippen LogP contribution is -2.65. The summed E-state index contributed by atoms with van der Waals surface area (Å²) < 4.78 is 0. The molecule has 0 saturated carbocycles. The maximum atomic E-state index is 13.9. The number of anilines is 2. The summed E-state index contributed by atoms with van der Waals surface area (Å²) in [4.78, 5) is 61.1. The number of benzene rings is 1. The summed E-state index contributed by atoms with van der Waals surface area (Å²) in [6.45, 7) is 9.50. The summed E-state index contributed by atoms with van der Waals surface area (Å²) in [5, 5.41) is 7.31. The van der Waals surface area contributed by atoms with Crippen LogP contribution in [0.5, 0.6) is 0 Å². The van der Waals surface area contributed by atoms with Crippen LogP contribution in [0.25, 0.3) is 0 Å². The lowest BCUT2D eigenvalue weighted by molar-refractivity contribution is -0.173. The van der Waals surface area contributed by atoms with Gasteiger partial charge in [0.2, 0.25) is 5.91 Å². The fraction of sp³-hybridized carbons (Fsp3) is 0.462. The predicted molar refractivity (Wildman–Crippen MR) is 154 cm³/mol. The molecule has 1 aliphatic rings. The number of nitrogens with one attached hydrogen (secondary N) is 2. The monoisotopic (exact) mass is 597 g/mol. The number of carbonyl (C=O) groups is 4. The van der Waals surface area contributed by atoms with Crippen molar-refractivity contribution in [3.63, 3.8) is 0 Å². The largest absolute Gasteiger partial charge is 0.329 e. The fourth-order valence-electron chi connectivity index (χ4n) is 3.99. The van der Waals surface area contributed by atoms with Gasteiger partial charge >= 0.3 is 6.03 Å². The summed E-state index contributed by atoms with van der Waals surface area (Å²) in [5.74, 6) is -1.16. The van der Waals surface area contributed by atoms with Crippen molar-refractivity contribution in [1.82, 2.24) is 14.9 Å². The first-order valence-corrected chi connectivity index (χ1v) is 13.7. The SMILES string of the molecule is CON(C)C(=O)CN1CCN(C(=O)c2cc(C(C)(C)C)sc2NC(=O)Nc2cccc(Cl)c2Cl)C(C)(C)C1=O. The Hall–Kier alpha value is -2.86. The number of likely N-dealkylation sites (N-methyl/N-ethyl adjacent to an activating group) is 1. The van der Waals surface area contributed by atoms with Crippen molar-refractivity contribution >= 4 is 69.0 Å². The van der Waals surface area contributed by atoms with Gasteiger partial charge in [0.05, 0.1) is 28.4 Å². The second-order valence-corrected chi connectivity index (χ2v) is 12.4. The highest BCUT2D eigenvalue weighted by molar-refractivity contribution is 7.16. The molecule has 0 spiro atoms. The predicted octanol–water partition coefficient (Wildman–Crippen LogP) is 5.08. The van der Waals surface area contributed by atoms with Gasteiger partial charge in [-0.15, -0.1) is 11.3 Å². The molecule has 5 amide bonds.